The molecule has 1 saturated heterocycles. The van der Waals surface area contributed by atoms with E-state index in [1.807, 2.05) is 30.3 Å². The van der Waals surface area contributed by atoms with Gasteiger partial charge in [-0.25, -0.2) is 9.69 Å². The van der Waals surface area contributed by atoms with E-state index in [1.165, 1.54) is 12.1 Å². The quantitative estimate of drug-likeness (QED) is 0.445. The molecule has 1 unspecified atom stereocenters. The zero-order valence-electron chi connectivity index (χ0n) is 14.2. The molecule has 7 nitrogen and oxygen atoms in total. The van der Waals surface area contributed by atoms with Crippen LogP contribution in [0.15, 0.2) is 48.5 Å². The zero-order valence-corrected chi connectivity index (χ0v) is 15.0. The van der Waals surface area contributed by atoms with Crippen LogP contribution in [0.3, 0.4) is 0 Å². The van der Waals surface area contributed by atoms with Gasteiger partial charge in [-0.1, -0.05) is 41.9 Å². The number of anilines is 1. The molecule has 8 heteroatoms. The monoisotopic (exact) mass is 385 g/mol. The van der Waals surface area contributed by atoms with Crippen molar-refractivity contribution in [2.45, 2.75) is 31.3 Å². The Hall–Kier alpha value is -2.93. The van der Waals surface area contributed by atoms with E-state index in [0.717, 1.165) is 29.4 Å². The minimum Gasteiger partial charge on any atom is -0.309 e. The van der Waals surface area contributed by atoms with Crippen LogP contribution < -0.4 is 4.90 Å². The van der Waals surface area contributed by atoms with Crippen LogP contribution >= 0.6 is 11.6 Å². The van der Waals surface area contributed by atoms with Crippen LogP contribution in [0.25, 0.3) is 0 Å². The molecule has 0 aromatic heterocycles. The van der Waals surface area contributed by atoms with Gasteiger partial charge in [-0.2, -0.15) is 0 Å². The standard InChI is InChI=1S/C19H16ClN3O4/c20-15-11-14(23(26)27)8-9-16(15)22-18(24)17(10-12-4-2-1-3-5-12)21(19(22)25)13-6-7-13/h1-5,8-9,11,13,17H,6-7,10H2. The second-order valence-corrected chi connectivity index (χ2v) is 7.10. The van der Waals surface area contributed by atoms with Gasteiger partial charge in [0, 0.05) is 24.6 Å². The van der Waals surface area contributed by atoms with E-state index in [-0.39, 0.29) is 28.3 Å². The number of carbonyl (C=O) groups excluding carboxylic acids is 2. The lowest BCUT2D eigenvalue weighted by atomic mass is 10.0. The number of non-ortho nitro benzene ring substituents is 1. The molecule has 0 N–H and O–H groups in total. The van der Waals surface area contributed by atoms with Crippen LogP contribution in [0.1, 0.15) is 18.4 Å². The predicted molar refractivity (Wildman–Crippen MR) is 99.8 cm³/mol. The van der Waals surface area contributed by atoms with Crippen LogP contribution in [0, 0.1) is 10.1 Å². The minimum absolute atomic E-state index is 0.00186. The Morgan fingerprint density at radius 3 is 2.41 bits per heavy atom. The lowest BCUT2D eigenvalue weighted by molar-refractivity contribution is -0.384. The number of hydrogen-bond donors (Lipinski definition) is 0. The van der Waals surface area contributed by atoms with Crippen molar-refractivity contribution in [1.82, 2.24) is 4.90 Å². The van der Waals surface area contributed by atoms with E-state index in [4.69, 9.17) is 11.6 Å². The molecule has 1 aliphatic carbocycles. The number of imide groups is 1. The number of rotatable bonds is 5. The number of halogens is 1. The number of nitro groups is 1. The summed E-state index contributed by atoms with van der Waals surface area (Å²) in [5, 5.41) is 10.9. The Balaban J connectivity index is 1.69. The van der Waals surface area contributed by atoms with E-state index in [2.05, 4.69) is 0 Å². The molecule has 1 saturated carbocycles. The first-order valence-electron chi connectivity index (χ1n) is 8.61. The number of amides is 3. The summed E-state index contributed by atoms with van der Waals surface area (Å²) in [5.74, 6) is -0.355. The number of urea groups is 1. The van der Waals surface area contributed by atoms with Crippen molar-refractivity contribution in [1.29, 1.82) is 0 Å². The number of nitro benzene ring substituents is 1. The molecule has 2 aromatic carbocycles. The van der Waals surface area contributed by atoms with Crippen LogP contribution in [-0.4, -0.2) is 33.8 Å². The first-order chi connectivity index (χ1) is 13.0. The van der Waals surface area contributed by atoms with E-state index >= 15 is 0 Å². The molecular weight excluding hydrogens is 370 g/mol. The minimum atomic E-state index is -0.598. The van der Waals surface area contributed by atoms with Gasteiger partial charge in [0.1, 0.15) is 6.04 Å². The van der Waals surface area contributed by atoms with E-state index < -0.39 is 17.0 Å². The third-order valence-corrected chi connectivity index (χ3v) is 5.15. The van der Waals surface area contributed by atoms with Crippen molar-refractivity contribution in [3.63, 3.8) is 0 Å². The van der Waals surface area contributed by atoms with Crippen molar-refractivity contribution < 1.29 is 14.5 Å². The van der Waals surface area contributed by atoms with Crippen LogP contribution in [0.4, 0.5) is 16.2 Å². The molecule has 1 atom stereocenters. The third kappa shape index (κ3) is 3.14. The van der Waals surface area contributed by atoms with Gasteiger partial charge in [0.15, 0.2) is 0 Å². The second-order valence-electron chi connectivity index (χ2n) is 6.69. The van der Waals surface area contributed by atoms with Gasteiger partial charge in [-0.15, -0.1) is 0 Å². The number of benzene rings is 2. The molecule has 2 aliphatic rings. The number of carbonyl (C=O) groups is 2. The lowest BCUT2D eigenvalue weighted by Gasteiger charge is -2.21. The Morgan fingerprint density at radius 1 is 1.11 bits per heavy atom. The fourth-order valence-corrected chi connectivity index (χ4v) is 3.67. The average Bonchev–Trinajstić information content (AvgIpc) is 3.44. The summed E-state index contributed by atoms with van der Waals surface area (Å²) < 4.78 is 0. The van der Waals surface area contributed by atoms with Gasteiger partial charge in [0.2, 0.25) is 0 Å². The Morgan fingerprint density at radius 2 is 1.81 bits per heavy atom. The first-order valence-corrected chi connectivity index (χ1v) is 8.99. The average molecular weight is 386 g/mol. The van der Waals surface area contributed by atoms with Gasteiger partial charge in [-0.3, -0.25) is 14.9 Å². The molecule has 4 rings (SSSR count). The summed E-state index contributed by atoms with van der Waals surface area (Å²) in [5.41, 5.74) is 0.951. The summed E-state index contributed by atoms with van der Waals surface area (Å²) >= 11 is 6.17. The van der Waals surface area contributed by atoms with Gasteiger partial charge in [-0.05, 0) is 24.5 Å². The summed E-state index contributed by atoms with van der Waals surface area (Å²) in [6.45, 7) is 0. The van der Waals surface area contributed by atoms with Crippen LogP contribution in [0.2, 0.25) is 5.02 Å². The molecule has 138 valence electrons. The van der Waals surface area contributed by atoms with E-state index in [9.17, 15) is 19.7 Å². The van der Waals surface area contributed by atoms with Gasteiger partial charge in [0.05, 0.1) is 15.6 Å². The van der Waals surface area contributed by atoms with Gasteiger partial charge >= 0.3 is 6.03 Å². The molecule has 1 aliphatic heterocycles. The van der Waals surface area contributed by atoms with Crippen molar-refractivity contribution in [2.75, 3.05) is 4.90 Å². The Labute approximate surface area is 160 Å². The highest BCUT2D eigenvalue weighted by Crippen LogP contribution is 2.39. The fraction of sp³-hybridized carbons (Fsp3) is 0.263. The molecule has 2 aromatic rings. The largest absolute Gasteiger partial charge is 0.332 e. The maximum atomic E-state index is 13.1. The molecule has 3 amide bonds. The second kappa shape index (κ2) is 6.66. The lowest BCUT2D eigenvalue weighted by Crippen LogP contribution is -2.38. The highest BCUT2D eigenvalue weighted by Gasteiger charge is 2.51. The maximum absolute atomic E-state index is 13.1. The molecule has 2 fully saturated rings. The summed E-state index contributed by atoms with van der Waals surface area (Å²) in [6, 6.07) is 12.3. The topological polar surface area (TPSA) is 83.8 Å². The SMILES string of the molecule is O=C1C(Cc2ccccc2)N(C2CC2)C(=O)N1c1ccc([N+](=O)[O-])cc1Cl. The summed E-state index contributed by atoms with van der Waals surface area (Å²) in [4.78, 5) is 39.1. The van der Waals surface area contributed by atoms with Crippen molar-refractivity contribution in [2.24, 2.45) is 0 Å². The zero-order chi connectivity index (χ0) is 19.1. The van der Waals surface area contributed by atoms with E-state index in [0.29, 0.717) is 6.42 Å². The first kappa shape index (κ1) is 17.5. The summed E-state index contributed by atoms with van der Waals surface area (Å²) in [6.07, 6.45) is 2.15. The molecular formula is C19H16ClN3O4. The normalized spacial score (nSPS) is 19.7. The van der Waals surface area contributed by atoms with Crippen LogP contribution in [-0.2, 0) is 11.2 Å². The van der Waals surface area contributed by atoms with Gasteiger partial charge in [0.25, 0.3) is 11.6 Å². The highest BCUT2D eigenvalue weighted by atomic mass is 35.5. The highest BCUT2D eigenvalue weighted by molar-refractivity contribution is 6.36. The molecule has 0 spiro atoms. The summed E-state index contributed by atoms with van der Waals surface area (Å²) in [7, 11) is 0. The smallest absolute Gasteiger partial charge is 0.309 e. The molecule has 27 heavy (non-hydrogen) atoms. The number of hydrogen-bond acceptors (Lipinski definition) is 4. The van der Waals surface area contributed by atoms with Crippen molar-refractivity contribution >= 4 is 34.9 Å². The van der Waals surface area contributed by atoms with Crippen molar-refractivity contribution in [3.05, 3.63) is 69.2 Å². The van der Waals surface area contributed by atoms with Crippen molar-refractivity contribution in [3.8, 4) is 0 Å². The van der Waals surface area contributed by atoms with Gasteiger partial charge < -0.3 is 4.90 Å². The van der Waals surface area contributed by atoms with Crippen LogP contribution in [0.5, 0.6) is 0 Å². The fourth-order valence-electron chi connectivity index (χ4n) is 3.41. The number of nitrogens with zero attached hydrogens (tertiary/aromatic N) is 3. The third-order valence-electron chi connectivity index (χ3n) is 4.85. The molecule has 0 bridgehead atoms. The molecule has 0 radical (unpaired) electrons. The molecule has 1 heterocycles. The Bertz CT molecular complexity index is 930. The Kier molecular flexibility index (Phi) is 4.31. The maximum Gasteiger partial charge on any atom is 0.332 e. The van der Waals surface area contributed by atoms with E-state index in [1.54, 1.807) is 4.90 Å². The predicted octanol–water partition coefficient (Wildman–Crippen LogP) is 3.79.